The van der Waals surface area contributed by atoms with Gasteiger partial charge in [-0.15, -0.1) is 11.3 Å². The fourth-order valence-electron chi connectivity index (χ4n) is 10.2. The number of aliphatic hydroxyl groups excluding tert-OH is 1. The van der Waals surface area contributed by atoms with Crippen molar-refractivity contribution in [2.75, 3.05) is 64.1 Å². The van der Waals surface area contributed by atoms with Crippen LogP contribution in [0.5, 0.6) is 0 Å². The van der Waals surface area contributed by atoms with Crippen molar-refractivity contribution in [3.8, 4) is 10.4 Å². The molecule has 2 saturated heterocycles. The van der Waals surface area contributed by atoms with Crippen molar-refractivity contribution in [2.24, 2.45) is 5.41 Å². The molecule has 0 unspecified atom stereocenters. The van der Waals surface area contributed by atoms with Crippen LogP contribution in [-0.4, -0.2) is 132 Å². The van der Waals surface area contributed by atoms with Crippen molar-refractivity contribution in [3.63, 3.8) is 0 Å². The summed E-state index contributed by atoms with van der Waals surface area (Å²) >= 11 is 1.57. The molecule has 0 spiro atoms. The maximum absolute atomic E-state index is 14.1. The third-order valence-corrected chi connectivity index (χ3v) is 15.2. The van der Waals surface area contributed by atoms with Crippen molar-refractivity contribution in [2.45, 2.75) is 104 Å². The highest BCUT2D eigenvalue weighted by atomic mass is 32.1. The highest BCUT2D eigenvalue weighted by molar-refractivity contribution is 7.13. The van der Waals surface area contributed by atoms with E-state index in [1.807, 2.05) is 68.4 Å². The average Bonchev–Trinajstić information content (AvgIpc) is 4.10. The van der Waals surface area contributed by atoms with Gasteiger partial charge in [-0.05, 0) is 59.2 Å². The molecule has 3 atom stereocenters. The first kappa shape index (κ1) is 51.9. The summed E-state index contributed by atoms with van der Waals surface area (Å²) in [4.78, 5) is 86.0. The first-order valence-electron chi connectivity index (χ1n) is 24.9. The largest absolute Gasteiger partial charge is 0.391 e. The predicted molar refractivity (Wildman–Crippen MR) is 277 cm³/mol. The molecule has 2 aromatic heterocycles. The minimum atomic E-state index is -0.952. The first-order valence-corrected chi connectivity index (χ1v) is 25.8. The van der Waals surface area contributed by atoms with Crippen molar-refractivity contribution in [1.82, 2.24) is 30.4 Å². The number of benzene rings is 3. The van der Waals surface area contributed by atoms with E-state index in [2.05, 4.69) is 63.3 Å². The molecule has 3 aromatic carbocycles. The Labute approximate surface area is 425 Å². The molecule has 3 aliphatic rings. The number of carbonyl (C=O) groups excluding carboxylic acids is 5. The number of aromatic amines is 1. The van der Waals surface area contributed by atoms with Gasteiger partial charge >= 0.3 is 0 Å². The lowest BCUT2D eigenvalue weighted by molar-refractivity contribution is -0.144. The molecule has 4 amide bonds. The number of hydrogen-bond donors (Lipinski definition) is 4. The van der Waals surface area contributed by atoms with E-state index in [1.165, 1.54) is 4.90 Å². The Bertz CT molecular complexity index is 2890. The number of carbonyl (C=O) groups is 5. The Morgan fingerprint density at radius 2 is 1.69 bits per heavy atom. The molecule has 0 bridgehead atoms. The average molecular weight is 999 g/mol. The third kappa shape index (κ3) is 11.0. The molecule has 4 heterocycles. The van der Waals surface area contributed by atoms with E-state index in [0.29, 0.717) is 43.0 Å². The number of piperazine rings is 1. The minimum Gasteiger partial charge on any atom is -0.391 e. The van der Waals surface area contributed by atoms with Crippen LogP contribution in [0.3, 0.4) is 0 Å². The number of ether oxygens (including phenoxy) is 2. The van der Waals surface area contributed by atoms with Gasteiger partial charge in [0.1, 0.15) is 12.1 Å². The highest BCUT2D eigenvalue weighted by Crippen LogP contribution is 2.46. The van der Waals surface area contributed by atoms with Gasteiger partial charge in [0.2, 0.25) is 23.6 Å². The van der Waals surface area contributed by atoms with Gasteiger partial charge in [0, 0.05) is 85.4 Å². The summed E-state index contributed by atoms with van der Waals surface area (Å²) in [6.07, 6.45) is 0.188. The molecule has 4 N–H and O–H groups in total. The number of aromatic nitrogens is 2. The normalized spacial score (nSPS) is 17.9. The minimum absolute atomic E-state index is 0.00393. The Kier molecular flexibility index (Phi) is 15.7. The molecule has 0 saturated carbocycles. The number of amides is 4. The van der Waals surface area contributed by atoms with Gasteiger partial charge in [-0.1, -0.05) is 77.9 Å². The lowest BCUT2D eigenvalue weighted by Gasteiger charge is -2.39. The number of aryl methyl sites for hydroxylation is 2. The van der Waals surface area contributed by atoms with Gasteiger partial charge in [-0.25, -0.2) is 9.83 Å². The second-order valence-electron chi connectivity index (χ2n) is 20.6. The number of nitrogens with one attached hydrogen (secondary N) is 3. The van der Waals surface area contributed by atoms with Gasteiger partial charge in [0.05, 0.1) is 67.2 Å². The quantitative estimate of drug-likeness (QED) is 0.0566. The van der Waals surface area contributed by atoms with E-state index in [0.717, 1.165) is 61.5 Å². The zero-order chi connectivity index (χ0) is 51.5. The molecular formula is C55H66N8O8S. The SMILES string of the molecule is [C-]#[N+]c1ccc2c3c([nH]c2c1)C(C)(C)c1cc(N2CCN(C(=O)CCOCCOCCC(=O)N[C@H](C(=O)N4C[C@H](O)C[C@H]4C(=O)NCc4ccc(-c5scnc5C)cc4)C(C)(C)C)CC2)c(CC)cc1C3=O. The third-order valence-electron chi connectivity index (χ3n) is 14.3. The van der Waals surface area contributed by atoms with E-state index in [4.69, 9.17) is 16.0 Å². The number of rotatable bonds is 17. The molecule has 8 rings (SSSR count). The molecule has 16 nitrogen and oxygen atoms in total. The van der Waals surface area contributed by atoms with Gasteiger partial charge in [0.25, 0.3) is 0 Å². The molecule has 0 radical (unpaired) electrons. The van der Waals surface area contributed by atoms with E-state index < -0.39 is 34.9 Å². The fraction of sp³-hybridized carbons (Fsp3) is 0.473. The summed E-state index contributed by atoms with van der Waals surface area (Å²) in [7, 11) is 0. The van der Waals surface area contributed by atoms with E-state index >= 15 is 0 Å². The van der Waals surface area contributed by atoms with Crippen LogP contribution in [0.1, 0.15) is 105 Å². The Balaban J connectivity index is 0.746. The number of anilines is 1. The van der Waals surface area contributed by atoms with Crippen molar-refractivity contribution < 1.29 is 38.6 Å². The fourth-order valence-corrected chi connectivity index (χ4v) is 11.0. The number of aliphatic hydroxyl groups is 1. The summed E-state index contributed by atoms with van der Waals surface area (Å²) < 4.78 is 11.4. The van der Waals surface area contributed by atoms with Crippen LogP contribution >= 0.6 is 11.3 Å². The van der Waals surface area contributed by atoms with Gasteiger partial charge in [-0.3, -0.25) is 24.0 Å². The summed E-state index contributed by atoms with van der Waals surface area (Å²) in [5.74, 6) is -1.19. The Hall–Kier alpha value is -6.45. The van der Waals surface area contributed by atoms with Crippen molar-refractivity contribution >= 4 is 63.0 Å². The maximum Gasteiger partial charge on any atom is 0.246 e. The van der Waals surface area contributed by atoms with E-state index in [1.54, 1.807) is 23.5 Å². The Morgan fingerprint density at radius 1 is 0.986 bits per heavy atom. The molecule has 380 valence electrons. The number of ketones is 1. The number of thiazole rings is 1. The monoisotopic (exact) mass is 998 g/mol. The van der Waals surface area contributed by atoms with Crippen molar-refractivity contribution in [3.05, 3.63) is 111 Å². The lowest BCUT2D eigenvalue weighted by atomic mass is 9.70. The smallest absolute Gasteiger partial charge is 0.246 e. The zero-order valence-electron chi connectivity index (χ0n) is 42.4. The number of hydrogen-bond acceptors (Lipinski definition) is 11. The lowest BCUT2D eigenvalue weighted by Crippen LogP contribution is -2.57. The van der Waals surface area contributed by atoms with Crippen LogP contribution in [0, 0.1) is 18.9 Å². The number of nitrogens with zero attached hydrogens (tertiary/aromatic N) is 5. The number of fused-ring (bicyclic) bond motifs is 4. The predicted octanol–water partition coefficient (Wildman–Crippen LogP) is 6.85. The van der Waals surface area contributed by atoms with Gasteiger partial charge < -0.3 is 44.9 Å². The standard InChI is InChI=1S/C55H66N8O8S/c1-9-35-26-40-41(55(6,7)50-47(48(40)67)39-15-14-37(56-8)27-42(39)59-50)29-43(35)61-18-20-62(21-19-61)46(66)17-23-71-25-24-70-22-16-45(65)60-51(54(3,4)5)53(69)63-31-38(64)28-44(63)52(68)57-30-34-10-12-36(13-11-34)49-33(2)58-32-72-49/h10-15,26-27,29,32,38,44,51,59,64H,9,16-25,28,30-31H2,1-7H3,(H,57,68)(H,60,65)/t38-,44+,51-/m1/s1. The summed E-state index contributed by atoms with van der Waals surface area (Å²) in [6.45, 7) is 24.7. The molecule has 17 heteroatoms. The molecule has 1 aliphatic carbocycles. The first-order chi connectivity index (χ1) is 34.4. The molecule has 2 fully saturated rings. The van der Waals surface area contributed by atoms with Gasteiger partial charge in [-0.2, -0.15) is 0 Å². The van der Waals surface area contributed by atoms with Crippen LogP contribution < -0.4 is 15.5 Å². The number of H-pyrrole nitrogens is 1. The summed E-state index contributed by atoms with van der Waals surface area (Å²) in [5, 5.41) is 17.2. The van der Waals surface area contributed by atoms with Crippen molar-refractivity contribution in [1.29, 1.82) is 0 Å². The van der Waals surface area contributed by atoms with E-state index in [-0.39, 0.29) is 82.3 Å². The van der Waals surface area contributed by atoms with Crippen LogP contribution in [0.4, 0.5) is 11.4 Å². The highest BCUT2D eigenvalue weighted by Gasteiger charge is 2.45. The number of likely N-dealkylation sites (tertiary alicyclic amines) is 1. The summed E-state index contributed by atoms with van der Waals surface area (Å²) in [5.41, 5.74) is 10.2. The van der Waals surface area contributed by atoms with E-state index in [9.17, 15) is 29.1 Å². The second kappa shape index (κ2) is 21.7. The molecule has 72 heavy (non-hydrogen) atoms. The zero-order valence-corrected chi connectivity index (χ0v) is 43.2. The molecule has 2 aliphatic heterocycles. The van der Waals surface area contributed by atoms with Crippen LogP contribution in [0.25, 0.3) is 26.2 Å². The summed E-state index contributed by atoms with van der Waals surface area (Å²) in [6, 6.07) is 15.7. The topological polar surface area (TPSA) is 191 Å². The van der Waals surface area contributed by atoms with Crippen LogP contribution in [0.15, 0.2) is 60.1 Å². The van der Waals surface area contributed by atoms with Gasteiger partial charge in [0.15, 0.2) is 11.5 Å². The Morgan fingerprint density at radius 3 is 2.35 bits per heavy atom. The second-order valence-corrected chi connectivity index (χ2v) is 21.4. The maximum atomic E-state index is 14.1. The van der Waals surface area contributed by atoms with Crippen LogP contribution in [0.2, 0.25) is 0 Å². The number of β-amino-alcohol motifs (C(OH)–C–C–N with tert-alkyl or cyclic N) is 1. The van der Waals surface area contributed by atoms with Crippen LogP contribution in [-0.2, 0) is 47.0 Å². The molecule has 5 aromatic rings. The molecular weight excluding hydrogens is 933 g/mol.